The molecule has 1 fully saturated rings. The zero-order valence-corrected chi connectivity index (χ0v) is 14.7. The Morgan fingerprint density at radius 2 is 2.08 bits per heavy atom. The maximum absolute atomic E-state index is 12.9. The highest BCUT2D eigenvalue weighted by atomic mass is 35.5. The lowest BCUT2D eigenvalue weighted by molar-refractivity contribution is -0.137. The minimum absolute atomic E-state index is 0.00908. The van der Waals surface area contributed by atoms with Crippen LogP contribution in [0.3, 0.4) is 0 Å². The third kappa shape index (κ3) is 5.11. The summed E-state index contributed by atoms with van der Waals surface area (Å²) in [6.07, 6.45) is -3.69. The minimum atomic E-state index is -4.60. The molecule has 1 N–H and O–H groups in total. The Kier molecular flexibility index (Phi) is 5.98. The van der Waals surface area contributed by atoms with Crippen molar-refractivity contribution in [1.82, 2.24) is 4.90 Å². The third-order valence-corrected chi connectivity index (χ3v) is 4.43. The molecule has 4 nitrogen and oxygen atoms in total. The van der Waals surface area contributed by atoms with E-state index in [0.717, 1.165) is 18.6 Å². The van der Waals surface area contributed by atoms with Crippen LogP contribution in [0.25, 0.3) is 0 Å². The van der Waals surface area contributed by atoms with Crippen molar-refractivity contribution in [2.75, 3.05) is 18.4 Å². The van der Waals surface area contributed by atoms with Gasteiger partial charge in [0.25, 0.3) is 0 Å². The fourth-order valence-corrected chi connectivity index (χ4v) is 2.87. The van der Waals surface area contributed by atoms with Gasteiger partial charge in [0.15, 0.2) is 0 Å². The van der Waals surface area contributed by atoms with Crippen molar-refractivity contribution < 1.29 is 22.8 Å². The predicted octanol–water partition coefficient (Wildman–Crippen LogP) is 4.19. The highest BCUT2D eigenvalue weighted by Crippen LogP contribution is 2.36. The fraction of sp³-hybridized carbons (Fsp3) is 0.529. The number of likely N-dealkylation sites (tertiary alicyclic amines) is 1. The van der Waals surface area contributed by atoms with E-state index in [0.29, 0.717) is 12.5 Å². The maximum atomic E-state index is 12.9. The number of halogens is 4. The molecular weight excluding hydrogens is 357 g/mol. The number of hydrogen-bond donors (Lipinski definition) is 1. The molecule has 1 saturated heterocycles. The minimum Gasteiger partial charge on any atom is -0.342 e. The fourth-order valence-electron chi connectivity index (χ4n) is 2.64. The van der Waals surface area contributed by atoms with Crippen molar-refractivity contribution in [2.24, 2.45) is 11.8 Å². The number of rotatable bonds is 5. The predicted molar refractivity (Wildman–Crippen MR) is 89.2 cm³/mol. The van der Waals surface area contributed by atoms with Crippen LogP contribution in [-0.4, -0.2) is 29.8 Å². The molecule has 1 heterocycles. The van der Waals surface area contributed by atoms with Gasteiger partial charge in [0.1, 0.15) is 0 Å². The van der Waals surface area contributed by atoms with E-state index in [2.05, 4.69) is 5.32 Å². The van der Waals surface area contributed by atoms with Gasteiger partial charge in [-0.2, -0.15) is 13.2 Å². The van der Waals surface area contributed by atoms with E-state index in [1.54, 1.807) is 4.90 Å². The van der Waals surface area contributed by atoms with Crippen molar-refractivity contribution in [1.29, 1.82) is 0 Å². The SMILES string of the molecule is CC(C)CCN1CC(C(=O)Nc2ccc(Cl)c(C(F)(F)F)c2)CC1=O. The van der Waals surface area contributed by atoms with Crippen LogP contribution in [0.5, 0.6) is 0 Å². The molecule has 138 valence electrons. The lowest BCUT2D eigenvalue weighted by atomic mass is 10.1. The van der Waals surface area contributed by atoms with Crippen molar-refractivity contribution in [2.45, 2.75) is 32.9 Å². The van der Waals surface area contributed by atoms with Crippen molar-refractivity contribution in [3.8, 4) is 0 Å². The van der Waals surface area contributed by atoms with Crippen LogP contribution in [0.2, 0.25) is 5.02 Å². The Hall–Kier alpha value is -1.76. The lowest BCUT2D eigenvalue weighted by Gasteiger charge is -2.18. The molecule has 0 radical (unpaired) electrons. The van der Waals surface area contributed by atoms with Gasteiger partial charge in [0.05, 0.1) is 16.5 Å². The standard InChI is InChI=1S/C17H20ClF3N2O2/c1-10(2)5-6-23-9-11(7-15(23)24)16(25)22-12-3-4-14(18)13(8-12)17(19,20)21/h3-4,8,10-11H,5-7,9H2,1-2H3,(H,22,25). The molecule has 0 saturated carbocycles. The first-order chi connectivity index (χ1) is 11.6. The molecular formula is C17H20ClF3N2O2. The Morgan fingerprint density at radius 3 is 2.68 bits per heavy atom. The van der Waals surface area contributed by atoms with Crippen LogP contribution in [0, 0.1) is 11.8 Å². The summed E-state index contributed by atoms with van der Waals surface area (Å²) in [5.41, 5.74) is -0.997. The second kappa shape index (κ2) is 7.64. The monoisotopic (exact) mass is 376 g/mol. The molecule has 1 aromatic carbocycles. The van der Waals surface area contributed by atoms with Gasteiger partial charge in [-0.3, -0.25) is 9.59 Å². The average molecular weight is 377 g/mol. The van der Waals surface area contributed by atoms with Crippen molar-refractivity contribution in [3.63, 3.8) is 0 Å². The van der Waals surface area contributed by atoms with Gasteiger partial charge in [-0.25, -0.2) is 0 Å². The molecule has 0 spiro atoms. The molecule has 0 aliphatic carbocycles. The highest BCUT2D eigenvalue weighted by molar-refractivity contribution is 6.31. The maximum Gasteiger partial charge on any atom is 0.417 e. The van der Waals surface area contributed by atoms with Gasteiger partial charge >= 0.3 is 6.18 Å². The molecule has 1 atom stereocenters. The van der Waals surface area contributed by atoms with Gasteiger partial charge in [-0.05, 0) is 30.5 Å². The first-order valence-corrected chi connectivity index (χ1v) is 8.41. The normalized spacial score (nSPS) is 18.1. The zero-order chi connectivity index (χ0) is 18.8. The summed E-state index contributed by atoms with van der Waals surface area (Å²) in [6, 6.07) is 3.20. The zero-order valence-electron chi connectivity index (χ0n) is 14.0. The van der Waals surface area contributed by atoms with Gasteiger partial charge in [0, 0.05) is 25.2 Å². The van der Waals surface area contributed by atoms with Gasteiger partial charge < -0.3 is 10.2 Å². The topological polar surface area (TPSA) is 49.4 Å². The first-order valence-electron chi connectivity index (χ1n) is 8.03. The van der Waals surface area contributed by atoms with Crippen LogP contribution in [0.4, 0.5) is 18.9 Å². The van der Waals surface area contributed by atoms with E-state index in [-0.39, 0.29) is 24.6 Å². The molecule has 25 heavy (non-hydrogen) atoms. The van der Waals surface area contributed by atoms with Crippen molar-refractivity contribution in [3.05, 3.63) is 28.8 Å². The average Bonchev–Trinajstić information content (AvgIpc) is 2.87. The summed E-state index contributed by atoms with van der Waals surface area (Å²) in [4.78, 5) is 25.9. The van der Waals surface area contributed by atoms with Crippen LogP contribution in [0.1, 0.15) is 32.3 Å². The lowest BCUT2D eigenvalue weighted by Crippen LogP contribution is -2.29. The van der Waals surface area contributed by atoms with Gasteiger partial charge in [0.2, 0.25) is 11.8 Å². The van der Waals surface area contributed by atoms with Gasteiger partial charge in [-0.1, -0.05) is 25.4 Å². The van der Waals surface area contributed by atoms with Crippen LogP contribution in [-0.2, 0) is 15.8 Å². The molecule has 2 rings (SSSR count). The molecule has 1 aromatic rings. The van der Waals surface area contributed by atoms with Gasteiger partial charge in [-0.15, -0.1) is 0 Å². The van der Waals surface area contributed by atoms with E-state index in [1.165, 1.54) is 6.07 Å². The highest BCUT2D eigenvalue weighted by Gasteiger charge is 2.35. The Morgan fingerprint density at radius 1 is 1.40 bits per heavy atom. The number of carbonyl (C=O) groups excluding carboxylic acids is 2. The second-order valence-corrected chi connectivity index (χ2v) is 7.01. The van der Waals surface area contributed by atoms with Crippen molar-refractivity contribution >= 4 is 29.1 Å². The van der Waals surface area contributed by atoms with E-state index in [1.807, 2.05) is 13.8 Å². The van der Waals surface area contributed by atoms with Crippen LogP contribution < -0.4 is 5.32 Å². The first kappa shape index (κ1) is 19.6. The quantitative estimate of drug-likeness (QED) is 0.837. The third-order valence-electron chi connectivity index (χ3n) is 4.10. The molecule has 1 aliphatic rings. The number of anilines is 1. The molecule has 0 bridgehead atoms. The van der Waals surface area contributed by atoms with E-state index < -0.39 is 28.6 Å². The molecule has 1 aliphatic heterocycles. The number of alkyl halides is 3. The molecule has 0 aromatic heterocycles. The van der Waals surface area contributed by atoms with Crippen LogP contribution in [0.15, 0.2) is 18.2 Å². The summed E-state index contributed by atoms with van der Waals surface area (Å²) < 4.78 is 38.6. The summed E-state index contributed by atoms with van der Waals surface area (Å²) >= 11 is 5.56. The molecule has 2 amide bonds. The second-order valence-electron chi connectivity index (χ2n) is 6.60. The number of carbonyl (C=O) groups is 2. The number of benzene rings is 1. The Labute approximate surface area is 149 Å². The van der Waals surface area contributed by atoms with E-state index in [9.17, 15) is 22.8 Å². The van der Waals surface area contributed by atoms with Crippen LogP contribution >= 0.6 is 11.6 Å². The smallest absolute Gasteiger partial charge is 0.342 e. The summed E-state index contributed by atoms with van der Waals surface area (Å²) in [7, 11) is 0. The number of nitrogens with one attached hydrogen (secondary N) is 1. The Bertz CT molecular complexity index is 662. The van der Waals surface area contributed by atoms with E-state index >= 15 is 0 Å². The number of nitrogens with zero attached hydrogens (tertiary/aromatic N) is 1. The summed E-state index contributed by atoms with van der Waals surface area (Å²) in [5, 5.41) is 2.02. The Balaban J connectivity index is 2.02. The summed E-state index contributed by atoms with van der Waals surface area (Å²) in [5.74, 6) is -0.691. The number of amides is 2. The number of hydrogen-bond acceptors (Lipinski definition) is 2. The van der Waals surface area contributed by atoms with E-state index in [4.69, 9.17) is 11.6 Å². The summed E-state index contributed by atoms with van der Waals surface area (Å²) in [6.45, 7) is 4.96. The molecule has 8 heteroatoms. The molecule has 1 unspecified atom stereocenters. The largest absolute Gasteiger partial charge is 0.417 e.